The Bertz CT molecular complexity index is 460. The Morgan fingerprint density at radius 3 is 1.33 bits per heavy atom. The Balaban J connectivity index is 2.63. The van der Waals surface area contributed by atoms with Crippen LogP contribution in [0.4, 0.5) is 0 Å². The van der Waals surface area contributed by atoms with Crippen LogP contribution in [-0.2, 0) is 0 Å². The Hall–Kier alpha value is -1.38. The molecular weight excluding hydrogens is 236 g/mol. The summed E-state index contributed by atoms with van der Waals surface area (Å²) < 4.78 is 0. The molecule has 0 saturated heterocycles. The first-order chi connectivity index (χ1) is 8.46. The summed E-state index contributed by atoms with van der Waals surface area (Å²) in [5, 5.41) is 1.67. The summed E-state index contributed by atoms with van der Waals surface area (Å²) in [6, 6.07) is 19.7. The van der Waals surface area contributed by atoms with Crippen molar-refractivity contribution in [3.05, 3.63) is 60.7 Å². The molecular formula is C16H19OSi-. The molecule has 0 bridgehead atoms. The Morgan fingerprint density at radius 2 is 1.06 bits per heavy atom. The molecule has 0 heterocycles. The van der Waals surface area contributed by atoms with Gasteiger partial charge in [-0.15, -0.1) is 0 Å². The number of benzene rings is 2. The van der Waals surface area contributed by atoms with E-state index in [-0.39, 0.29) is 5.04 Å². The first-order valence-electron chi connectivity index (χ1n) is 6.28. The average molecular weight is 255 g/mol. The van der Waals surface area contributed by atoms with Crippen LogP contribution in [-0.4, -0.2) is 8.32 Å². The molecule has 0 aliphatic heterocycles. The fourth-order valence-electron chi connectivity index (χ4n) is 2.38. The first-order valence-corrected chi connectivity index (χ1v) is 8.18. The lowest BCUT2D eigenvalue weighted by Crippen LogP contribution is -2.74. The third kappa shape index (κ3) is 2.14. The summed E-state index contributed by atoms with van der Waals surface area (Å²) in [7, 11) is -2.95. The molecule has 1 nitrogen and oxygen atoms in total. The van der Waals surface area contributed by atoms with Crippen molar-refractivity contribution in [3.8, 4) is 0 Å². The Morgan fingerprint density at radius 1 is 0.722 bits per heavy atom. The molecule has 0 saturated carbocycles. The molecule has 0 spiro atoms. The van der Waals surface area contributed by atoms with Gasteiger partial charge in [-0.05, 0) is 5.04 Å². The number of rotatable bonds is 2. The molecule has 0 N–H and O–H groups in total. The van der Waals surface area contributed by atoms with Gasteiger partial charge in [0.05, 0.1) is 0 Å². The van der Waals surface area contributed by atoms with E-state index >= 15 is 0 Å². The average Bonchev–Trinajstić information content (AvgIpc) is 2.38. The smallest absolute Gasteiger partial charge is 0.0294 e. The van der Waals surface area contributed by atoms with Gasteiger partial charge >= 0.3 is 0 Å². The van der Waals surface area contributed by atoms with E-state index in [1.165, 1.54) is 0 Å². The van der Waals surface area contributed by atoms with Crippen molar-refractivity contribution >= 4 is 18.7 Å². The van der Waals surface area contributed by atoms with Gasteiger partial charge in [0.15, 0.2) is 0 Å². The van der Waals surface area contributed by atoms with Crippen LogP contribution >= 0.6 is 0 Å². The summed E-state index contributed by atoms with van der Waals surface area (Å²) in [6.45, 7) is 6.19. The Labute approximate surface area is 110 Å². The monoisotopic (exact) mass is 255 g/mol. The van der Waals surface area contributed by atoms with Crippen molar-refractivity contribution in [2.24, 2.45) is 0 Å². The van der Waals surface area contributed by atoms with E-state index in [9.17, 15) is 4.80 Å². The van der Waals surface area contributed by atoms with Crippen molar-refractivity contribution in [3.63, 3.8) is 0 Å². The quantitative estimate of drug-likeness (QED) is 0.752. The number of hydrogen-bond acceptors (Lipinski definition) is 1. The zero-order chi connectivity index (χ0) is 13.2. The SMILES string of the molecule is CC(C)(C)[Si]([O-])(c1ccccc1)c1ccccc1. The first kappa shape index (κ1) is 13.1. The summed E-state index contributed by atoms with van der Waals surface area (Å²) >= 11 is 0. The van der Waals surface area contributed by atoms with Crippen LogP contribution < -0.4 is 15.2 Å². The zero-order valence-electron chi connectivity index (χ0n) is 11.2. The van der Waals surface area contributed by atoms with Crippen molar-refractivity contribution < 1.29 is 4.80 Å². The van der Waals surface area contributed by atoms with Gasteiger partial charge < -0.3 is 4.80 Å². The second-order valence-electron chi connectivity index (χ2n) is 5.66. The number of hydrogen-bond donors (Lipinski definition) is 0. The van der Waals surface area contributed by atoms with Crippen LogP contribution in [0.15, 0.2) is 60.7 Å². The molecule has 0 fully saturated rings. The molecule has 18 heavy (non-hydrogen) atoms. The minimum absolute atomic E-state index is 0.254. The summed E-state index contributed by atoms with van der Waals surface area (Å²) in [5.41, 5.74) is 0. The van der Waals surface area contributed by atoms with Crippen LogP contribution in [0.3, 0.4) is 0 Å². The molecule has 0 aliphatic carbocycles. The molecule has 2 rings (SSSR count). The summed E-state index contributed by atoms with van der Waals surface area (Å²) in [6.07, 6.45) is 0. The van der Waals surface area contributed by atoms with E-state index in [1.54, 1.807) is 0 Å². The normalized spacial score (nSPS) is 12.4. The summed E-state index contributed by atoms with van der Waals surface area (Å²) in [4.78, 5) is 13.7. The second kappa shape index (κ2) is 4.71. The lowest BCUT2D eigenvalue weighted by Gasteiger charge is -2.50. The van der Waals surface area contributed by atoms with Gasteiger partial charge in [0, 0.05) is 8.32 Å². The molecule has 0 aromatic heterocycles. The standard InChI is InChI=1S/C16H19OSi/c1-16(2,3)18(17,14-10-6-4-7-11-14)15-12-8-5-9-13-15/h4-13H,1-3H3/q-1. The maximum atomic E-state index is 13.7. The molecule has 0 amide bonds. The van der Waals surface area contributed by atoms with Crippen molar-refractivity contribution in [1.82, 2.24) is 0 Å². The fraction of sp³-hybridized carbons (Fsp3) is 0.250. The van der Waals surface area contributed by atoms with Gasteiger partial charge in [-0.3, -0.25) is 0 Å². The Kier molecular flexibility index (Phi) is 3.42. The third-order valence-electron chi connectivity index (χ3n) is 3.42. The maximum absolute atomic E-state index is 13.7. The van der Waals surface area contributed by atoms with Crippen molar-refractivity contribution in [2.45, 2.75) is 25.8 Å². The van der Waals surface area contributed by atoms with Crippen LogP contribution in [0.2, 0.25) is 5.04 Å². The highest BCUT2D eigenvalue weighted by Gasteiger charge is 2.35. The highest BCUT2D eigenvalue weighted by atomic mass is 28.4. The van der Waals surface area contributed by atoms with E-state index in [0.717, 1.165) is 10.4 Å². The van der Waals surface area contributed by atoms with Gasteiger partial charge in [-0.1, -0.05) is 91.8 Å². The predicted octanol–water partition coefficient (Wildman–Crippen LogP) is 1.91. The highest BCUT2D eigenvalue weighted by molar-refractivity contribution is 6.97. The van der Waals surface area contributed by atoms with Gasteiger partial charge in [-0.25, -0.2) is 0 Å². The molecule has 2 aromatic carbocycles. The third-order valence-corrected chi connectivity index (χ3v) is 7.82. The molecule has 0 atom stereocenters. The van der Waals surface area contributed by atoms with E-state index in [2.05, 4.69) is 20.8 Å². The van der Waals surface area contributed by atoms with E-state index in [1.807, 2.05) is 60.7 Å². The van der Waals surface area contributed by atoms with Crippen LogP contribution in [0.5, 0.6) is 0 Å². The predicted molar refractivity (Wildman–Crippen MR) is 77.6 cm³/mol. The zero-order valence-corrected chi connectivity index (χ0v) is 12.2. The molecule has 2 aromatic rings. The van der Waals surface area contributed by atoms with Gasteiger partial charge in [0.25, 0.3) is 0 Å². The minimum Gasteiger partial charge on any atom is -0.851 e. The minimum atomic E-state index is -2.95. The molecule has 94 valence electrons. The van der Waals surface area contributed by atoms with E-state index in [4.69, 9.17) is 0 Å². The highest BCUT2D eigenvalue weighted by Crippen LogP contribution is 2.31. The molecule has 0 radical (unpaired) electrons. The van der Waals surface area contributed by atoms with E-state index < -0.39 is 8.32 Å². The molecule has 0 aliphatic rings. The fourth-order valence-corrected chi connectivity index (χ4v) is 5.77. The maximum Gasteiger partial charge on any atom is 0.0294 e. The van der Waals surface area contributed by atoms with Gasteiger partial charge in [0.1, 0.15) is 0 Å². The second-order valence-corrected chi connectivity index (χ2v) is 9.68. The van der Waals surface area contributed by atoms with Gasteiger partial charge in [0.2, 0.25) is 0 Å². The van der Waals surface area contributed by atoms with Gasteiger partial charge in [-0.2, -0.15) is 0 Å². The lowest BCUT2D eigenvalue weighted by molar-refractivity contribution is -0.205. The van der Waals surface area contributed by atoms with Crippen LogP contribution in [0, 0.1) is 0 Å². The van der Waals surface area contributed by atoms with Crippen molar-refractivity contribution in [2.75, 3.05) is 0 Å². The molecule has 0 unspecified atom stereocenters. The van der Waals surface area contributed by atoms with Crippen LogP contribution in [0.1, 0.15) is 20.8 Å². The molecule has 2 heteroatoms. The topological polar surface area (TPSA) is 23.1 Å². The largest absolute Gasteiger partial charge is 0.851 e. The van der Waals surface area contributed by atoms with E-state index in [0.29, 0.717) is 0 Å². The van der Waals surface area contributed by atoms with Crippen molar-refractivity contribution in [1.29, 1.82) is 0 Å². The lowest BCUT2D eigenvalue weighted by atomic mass is 10.2. The summed E-state index contributed by atoms with van der Waals surface area (Å²) in [5.74, 6) is 0. The van der Waals surface area contributed by atoms with Crippen LogP contribution in [0.25, 0.3) is 0 Å².